The molecule has 1 unspecified atom stereocenters. The van der Waals surface area contributed by atoms with Crippen LogP contribution in [0.3, 0.4) is 0 Å². The first kappa shape index (κ1) is 11.9. The Bertz CT molecular complexity index is 232. The molecule has 2 atom stereocenters. The zero-order valence-electron chi connectivity index (χ0n) is 10.2. The van der Waals surface area contributed by atoms with E-state index in [2.05, 4.69) is 22.5 Å². The highest BCUT2D eigenvalue weighted by Crippen LogP contribution is 2.08. The summed E-state index contributed by atoms with van der Waals surface area (Å²) < 4.78 is 0. The van der Waals surface area contributed by atoms with E-state index in [9.17, 15) is 4.79 Å². The van der Waals surface area contributed by atoms with Gasteiger partial charge >= 0.3 is 0 Å². The Kier molecular flexibility index (Phi) is 4.18. The predicted molar refractivity (Wildman–Crippen MR) is 64.3 cm³/mol. The Morgan fingerprint density at radius 1 is 1.44 bits per heavy atom. The van der Waals surface area contributed by atoms with E-state index < -0.39 is 0 Å². The van der Waals surface area contributed by atoms with Crippen LogP contribution in [0.1, 0.15) is 32.6 Å². The minimum Gasteiger partial charge on any atom is -0.351 e. The van der Waals surface area contributed by atoms with Crippen molar-refractivity contribution in [1.82, 2.24) is 15.5 Å². The van der Waals surface area contributed by atoms with Gasteiger partial charge in [-0.1, -0.05) is 0 Å². The van der Waals surface area contributed by atoms with Crippen LogP contribution in [0.25, 0.3) is 0 Å². The number of rotatable bonds is 4. The molecule has 2 aliphatic rings. The lowest BCUT2D eigenvalue weighted by atomic mass is 10.2. The van der Waals surface area contributed by atoms with E-state index in [-0.39, 0.29) is 18.0 Å². The van der Waals surface area contributed by atoms with Gasteiger partial charge < -0.3 is 15.5 Å². The predicted octanol–water partition coefficient (Wildman–Crippen LogP) is 0.339. The minimum atomic E-state index is 0.0565. The third-order valence-electron chi connectivity index (χ3n) is 3.50. The average Bonchev–Trinajstić information content (AvgIpc) is 2.88. The summed E-state index contributed by atoms with van der Waals surface area (Å²) in [5, 5.41) is 6.34. The van der Waals surface area contributed by atoms with E-state index >= 15 is 0 Å². The summed E-state index contributed by atoms with van der Waals surface area (Å²) in [7, 11) is 0. The van der Waals surface area contributed by atoms with Crippen molar-refractivity contribution < 1.29 is 4.79 Å². The molecule has 1 amide bonds. The summed E-state index contributed by atoms with van der Waals surface area (Å²) in [6, 6.07) is 0.328. The molecule has 0 aromatic heterocycles. The lowest BCUT2D eigenvalue weighted by Crippen LogP contribution is -2.47. The molecule has 4 nitrogen and oxygen atoms in total. The largest absolute Gasteiger partial charge is 0.351 e. The number of likely N-dealkylation sites (tertiary alicyclic amines) is 1. The van der Waals surface area contributed by atoms with Crippen LogP contribution in [-0.4, -0.2) is 49.1 Å². The number of carbonyl (C=O) groups excluding carboxylic acids is 1. The molecule has 2 fully saturated rings. The van der Waals surface area contributed by atoms with Crippen molar-refractivity contribution in [2.45, 2.75) is 44.7 Å². The van der Waals surface area contributed by atoms with Crippen LogP contribution in [-0.2, 0) is 4.79 Å². The van der Waals surface area contributed by atoms with Crippen molar-refractivity contribution >= 4 is 5.91 Å². The van der Waals surface area contributed by atoms with Crippen LogP contribution in [0.2, 0.25) is 0 Å². The van der Waals surface area contributed by atoms with Crippen molar-refractivity contribution in [2.24, 2.45) is 0 Å². The molecule has 92 valence electrons. The molecule has 0 aromatic carbocycles. The van der Waals surface area contributed by atoms with Gasteiger partial charge in [0.1, 0.15) is 0 Å². The topological polar surface area (TPSA) is 44.4 Å². The fourth-order valence-corrected chi connectivity index (χ4v) is 2.65. The zero-order chi connectivity index (χ0) is 11.4. The maximum atomic E-state index is 11.8. The lowest BCUT2D eigenvalue weighted by molar-refractivity contribution is -0.123. The SMILES string of the molecule is CC(CN1CCCC1)NC(=O)[C@@H]1CCCN1. The van der Waals surface area contributed by atoms with Crippen LogP contribution in [0.5, 0.6) is 0 Å². The molecule has 16 heavy (non-hydrogen) atoms. The molecule has 0 spiro atoms. The van der Waals surface area contributed by atoms with Crippen LogP contribution in [0.4, 0.5) is 0 Å². The number of nitrogens with zero attached hydrogens (tertiary/aromatic N) is 1. The van der Waals surface area contributed by atoms with Gasteiger partial charge in [0, 0.05) is 12.6 Å². The summed E-state index contributed by atoms with van der Waals surface area (Å²) in [4.78, 5) is 14.3. The van der Waals surface area contributed by atoms with Crippen molar-refractivity contribution in [3.05, 3.63) is 0 Å². The monoisotopic (exact) mass is 225 g/mol. The highest BCUT2D eigenvalue weighted by atomic mass is 16.2. The Labute approximate surface area is 97.8 Å². The summed E-state index contributed by atoms with van der Waals surface area (Å²) in [6.45, 7) is 6.48. The molecule has 0 radical (unpaired) electrons. The zero-order valence-corrected chi connectivity index (χ0v) is 10.2. The van der Waals surface area contributed by atoms with Crippen molar-refractivity contribution in [2.75, 3.05) is 26.2 Å². The Balaban J connectivity index is 1.68. The van der Waals surface area contributed by atoms with E-state index in [1.807, 2.05) is 0 Å². The molecule has 2 saturated heterocycles. The molecule has 0 saturated carbocycles. The van der Waals surface area contributed by atoms with Gasteiger partial charge in [0.25, 0.3) is 0 Å². The first-order chi connectivity index (χ1) is 7.75. The van der Waals surface area contributed by atoms with E-state index in [0.717, 1.165) is 25.9 Å². The normalized spacial score (nSPS) is 28.2. The molecular formula is C12H23N3O. The van der Waals surface area contributed by atoms with Crippen molar-refractivity contribution in [3.63, 3.8) is 0 Å². The van der Waals surface area contributed by atoms with Gasteiger partial charge in [0.2, 0.25) is 5.91 Å². The van der Waals surface area contributed by atoms with E-state index in [1.165, 1.54) is 25.9 Å². The number of nitrogens with one attached hydrogen (secondary N) is 2. The molecular weight excluding hydrogens is 202 g/mol. The highest BCUT2D eigenvalue weighted by Gasteiger charge is 2.23. The maximum absolute atomic E-state index is 11.8. The van der Waals surface area contributed by atoms with Crippen molar-refractivity contribution in [1.29, 1.82) is 0 Å². The molecule has 2 rings (SSSR count). The molecule has 2 aliphatic heterocycles. The summed E-state index contributed by atoms with van der Waals surface area (Å²) >= 11 is 0. The number of hydrogen-bond acceptors (Lipinski definition) is 3. The van der Waals surface area contributed by atoms with Gasteiger partial charge in [-0.05, 0) is 52.2 Å². The quantitative estimate of drug-likeness (QED) is 0.725. The standard InChI is InChI=1S/C12H23N3O/c1-10(9-15-7-2-3-8-15)14-12(16)11-5-4-6-13-11/h10-11,13H,2-9H2,1H3,(H,14,16)/t10?,11-/m0/s1. The summed E-state index contributed by atoms with van der Waals surface area (Å²) in [6.07, 6.45) is 4.73. The van der Waals surface area contributed by atoms with Gasteiger partial charge in [-0.15, -0.1) is 0 Å². The second kappa shape index (κ2) is 5.64. The Morgan fingerprint density at radius 2 is 2.19 bits per heavy atom. The highest BCUT2D eigenvalue weighted by molar-refractivity contribution is 5.82. The summed E-state index contributed by atoms with van der Waals surface area (Å²) in [5.41, 5.74) is 0. The van der Waals surface area contributed by atoms with E-state index in [4.69, 9.17) is 0 Å². The molecule has 4 heteroatoms. The second-order valence-corrected chi connectivity index (χ2v) is 5.07. The third kappa shape index (κ3) is 3.19. The maximum Gasteiger partial charge on any atom is 0.237 e. The number of carbonyl (C=O) groups is 1. The van der Waals surface area contributed by atoms with Crippen LogP contribution in [0.15, 0.2) is 0 Å². The Morgan fingerprint density at radius 3 is 2.81 bits per heavy atom. The fourth-order valence-electron chi connectivity index (χ4n) is 2.65. The minimum absolute atomic E-state index is 0.0565. The van der Waals surface area contributed by atoms with Gasteiger partial charge in [-0.2, -0.15) is 0 Å². The molecule has 2 N–H and O–H groups in total. The van der Waals surface area contributed by atoms with E-state index in [1.54, 1.807) is 0 Å². The molecule has 0 bridgehead atoms. The first-order valence-corrected chi connectivity index (χ1v) is 6.52. The third-order valence-corrected chi connectivity index (χ3v) is 3.50. The molecule has 0 aliphatic carbocycles. The van der Waals surface area contributed by atoms with Gasteiger partial charge in [-0.3, -0.25) is 4.79 Å². The van der Waals surface area contributed by atoms with Crippen LogP contribution in [0, 0.1) is 0 Å². The van der Waals surface area contributed by atoms with Gasteiger partial charge in [-0.25, -0.2) is 0 Å². The summed E-state index contributed by atoms with van der Waals surface area (Å²) in [5.74, 6) is 0.184. The second-order valence-electron chi connectivity index (χ2n) is 5.07. The number of amides is 1. The van der Waals surface area contributed by atoms with Crippen LogP contribution < -0.4 is 10.6 Å². The van der Waals surface area contributed by atoms with E-state index in [0.29, 0.717) is 0 Å². The smallest absolute Gasteiger partial charge is 0.237 e. The fraction of sp³-hybridized carbons (Fsp3) is 0.917. The average molecular weight is 225 g/mol. The van der Waals surface area contributed by atoms with Crippen LogP contribution >= 0.6 is 0 Å². The van der Waals surface area contributed by atoms with Crippen molar-refractivity contribution in [3.8, 4) is 0 Å². The van der Waals surface area contributed by atoms with Gasteiger partial charge in [0.15, 0.2) is 0 Å². The molecule has 0 aromatic rings. The lowest BCUT2D eigenvalue weighted by Gasteiger charge is -2.22. The number of hydrogen-bond donors (Lipinski definition) is 2. The van der Waals surface area contributed by atoms with Gasteiger partial charge in [0.05, 0.1) is 6.04 Å². The first-order valence-electron chi connectivity index (χ1n) is 6.52. The Hall–Kier alpha value is -0.610. The molecule has 2 heterocycles.